The number of carbonyl (C=O) groups is 2. The topological polar surface area (TPSA) is 312 Å². The van der Waals surface area contributed by atoms with Crippen LogP contribution in [0.5, 0.6) is 0 Å². The Morgan fingerprint density at radius 3 is 0.727 bits per heavy atom. The van der Waals surface area contributed by atoms with E-state index in [4.69, 9.17) is 65.0 Å². The number of carbonyl (C=O) groups excluding carboxylic acids is 2. The van der Waals surface area contributed by atoms with E-state index in [9.17, 15) is 19.8 Å². The predicted molar refractivity (Wildman–Crippen MR) is 61.1 cm³/mol. The van der Waals surface area contributed by atoms with E-state index >= 15 is 0 Å². The molecule has 0 radical (unpaired) electrons. The summed E-state index contributed by atoms with van der Waals surface area (Å²) in [4.78, 5) is 15.9. The summed E-state index contributed by atoms with van der Waals surface area (Å²) in [5.41, 5.74) is 0. The Bertz CT molecular complexity index is 221. The molecule has 0 aromatic heterocycles. The molecule has 0 spiro atoms. The van der Waals surface area contributed by atoms with Gasteiger partial charge in [0.15, 0.2) is 0 Å². The number of aliphatic carboxylic acids is 2. The second kappa shape index (κ2) is 26.5. The van der Waals surface area contributed by atoms with Crippen LogP contribution in [-0.2, 0) is 26.4 Å². The number of carboxylic acids is 2. The van der Waals surface area contributed by atoms with Crippen LogP contribution >= 0.6 is 46.4 Å². The van der Waals surface area contributed by atoms with Gasteiger partial charge in [0.25, 0.3) is 0 Å². The van der Waals surface area contributed by atoms with E-state index < -0.39 is 31.9 Å². The van der Waals surface area contributed by atoms with Crippen LogP contribution in [0.25, 0.3) is 0 Å². The second-order valence-electron chi connectivity index (χ2n) is 1.62. The van der Waals surface area contributed by atoms with E-state index in [0.29, 0.717) is 0 Å². The molecule has 0 atom stereocenters. The van der Waals surface area contributed by atoms with Crippen LogP contribution in [0.3, 0.4) is 0 Å². The van der Waals surface area contributed by atoms with Gasteiger partial charge in [-0.05, 0) is 0 Å². The molecule has 12 N–H and O–H groups in total. The molecule has 142 valence electrons. The van der Waals surface area contributed by atoms with Crippen molar-refractivity contribution in [2.24, 2.45) is 0 Å². The largest absolute Gasteiger partial charge is 3.00 e. The third-order valence-corrected chi connectivity index (χ3v) is 1.07. The van der Waals surface area contributed by atoms with E-state index in [1.165, 1.54) is 0 Å². The Morgan fingerprint density at radius 1 is 0.682 bits per heavy atom. The van der Waals surface area contributed by atoms with Crippen LogP contribution in [0.1, 0.15) is 0 Å². The molecule has 18 heteroatoms. The summed E-state index contributed by atoms with van der Waals surface area (Å²) in [5.74, 6) is -2.92. The fraction of sp³-hybridized carbons (Fsp3) is 0.500. The summed E-state index contributed by atoms with van der Waals surface area (Å²) in [6.45, 7) is 0. The molecule has 0 amide bonds. The minimum absolute atomic E-state index is 0. The number of hydrogen-bond donors (Lipinski definition) is 4. The number of rotatable bonds is 2. The van der Waals surface area contributed by atoms with Gasteiger partial charge in [0.05, 0.1) is 11.9 Å². The molecule has 0 aromatic rings. The summed E-state index contributed by atoms with van der Waals surface area (Å²) < 4.78 is 34.0. The Hall–Kier alpha value is 0.576. The van der Waals surface area contributed by atoms with E-state index in [2.05, 4.69) is 0 Å². The molecule has 12 nitrogen and oxygen atoms in total. The fourth-order valence-electron chi connectivity index (χ4n) is 0. The molecule has 0 fully saturated rings. The molecule has 0 heterocycles. The van der Waals surface area contributed by atoms with Crippen LogP contribution in [0.4, 0.5) is 0 Å². The Labute approximate surface area is 157 Å². The summed E-state index contributed by atoms with van der Waals surface area (Å²) in [7, 11) is -4.94. The number of halogens is 5. The maximum Gasteiger partial charge on any atom is 3.00 e. The average molecular weight is 482 g/mol. The molecule has 0 bridgehead atoms. The first kappa shape index (κ1) is 49.5. The van der Waals surface area contributed by atoms with Crippen molar-refractivity contribution in [2.45, 2.75) is 9.67 Å². The number of hydrogen-bond acceptors (Lipinski definition) is 12. The van der Waals surface area contributed by atoms with Gasteiger partial charge in [0, 0.05) is 0 Å². The van der Waals surface area contributed by atoms with Crippen molar-refractivity contribution < 1.29 is 65.5 Å². The summed E-state index contributed by atoms with van der Waals surface area (Å²) in [5, 5.41) is 18.6. The van der Waals surface area contributed by atoms with Gasteiger partial charge in [0.1, 0.15) is 9.67 Å². The normalized spacial score (nSPS) is 7.73. The van der Waals surface area contributed by atoms with Crippen molar-refractivity contribution in [1.82, 2.24) is 24.6 Å². The predicted octanol–water partition coefficient (Wildman–Crippen LogP) is -5.03. The van der Waals surface area contributed by atoms with Crippen LogP contribution in [-0.4, -0.2) is 21.6 Å². The first-order chi connectivity index (χ1) is 7.29. The summed E-state index contributed by atoms with van der Waals surface area (Å²) >= 11 is 18.9. The molecule has 0 aliphatic carbocycles. The van der Waals surface area contributed by atoms with Crippen molar-refractivity contribution in [1.29, 1.82) is 0 Å². The SMILES string of the molecule is N.N.N.N.O=C([O-])C(Cl)Cl.O=C([O-])C(Cl)Cl.[Co+3].[O-][Cl+3]([O-])([O-])[O-]. The molecule has 0 aliphatic rings. The minimum Gasteiger partial charge on any atom is -0.547 e. The monoisotopic (exact) mass is 480 g/mol. The smallest absolute Gasteiger partial charge is 0.547 e. The van der Waals surface area contributed by atoms with Crippen molar-refractivity contribution in [3.05, 3.63) is 0 Å². The molecule has 0 saturated heterocycles. The molecule has 22 heavy (non-hydrogen) atoms. The van der Waals surface area contributed by atoms with Gasteiger partial charge >= 0.3 is 16.8 Å². The van der Waals surface area contributed by atoms with Gasteiger partial charge in [-0.25, -0.2) is 18.6 Å². The zero-order valence-corrected chi connectivity index (χ0v) is 15.3. The first-order valence-corrected chi connectivity index (χ1v) is 5.86. The zero-order chi connectivity index (χ0) is 14.8. The quantitative estimate of drug-likeness (QED) is 0.269. The van der Waals surface area contributed by atoms with E-state index in [1.807, 2.05) is 0 Å². The van der Waals surface area contributed by atoms with Gasteiger partial charge in [-0.2, -0.15) is 0 Å². The Balaban J connectivity index is -0.0000000201. The van der Waals surface area contributed by atoms with Crippen LogP contribution in [0.2, 0.25) is 0 Å². The summed E-state index contributed by atoms with van der Waals surface area (Å²) in [6.07, 6.45) is 0. The van der Waals surface area contributed by atoms with Crippen molar-refractivity contribution in [3.8, 4) is 0 Å². The number of carboxylic acid groups (broad SMARTS) is 2. The Kier molecular flexibility index (Phi) is 59.5. The summed E-state index contributed by atoms with van der Waals surface area (Å²) in [6, 6.07) is 0. The second-order valence-corrected chi connectivity index (χ2v) is 4.57. The average Bonchev–Trinajstić information content (AvgIpc) is 2.01. The van der Waals surface area contributed by atoms with Crippen LogP contribution < -0.4 is 53.5 Å². The fourth-order valence-corrected chi connectivity index (χ4v) is 0. The van der Waals surface area contributed by atoms with Gasteiger partial charge < -0.3 is 44.4 Å². The van der Waals surface area contributed by atoms with Crippen molar-refractivity contribution in [2.75, 3.05) is 0 Å². The third-order valence-electron chi connectivity index (χ3n) is 0.356. The molecular formula is C4H14Cl5CoN4O8. The third kappa shape index (κ3) is 107. The maximum atomic E-state index is 9.32. The van der Waals surface area contributed by atoms with Gasteiger partial charge in [-0.15, -0.1) is 10.2 Å². The van der Waals surface area contributed by atoms with Gasteiger partial charge in [-0.1, -0.05) is 46.4 Å². The van der Waals surface area contributed by atoms with Crippen LogP contribution in [0.15, 0.2) is 0 Å². The van der Waals surface area contributed by atoms with Crippen LogP contribution in [0, 0.1) is 10.2 Å². The van der Waals surface area contributed by atoms with Crippen molar-refractivity contribution >= 4 is 58.3 Å². The molecular weight excluding hydrogens is 468 g/mol. The Morgan fingerprint density at radius 2 is 0.727 bits per heavy atom. The van der Waals surface area contributed by atoms with E-state index in [-0.39, 0.29) is 41.4 Å². The van der Waals surface area contributed by atoms with Gasteiger partial charge in [0.2, 0.25) is 0 Å². The van der Waals surface area contributed by atoms with E-state index in [1.54, 1.807) is 0 Å². The standard InChI is InChI=1S/2C2H2Cl2O2.ClHO4.Co.4H3N/c2*3-1(4)2(5)6;2-1(3,4)5;;;;;/h2*1H,(H,5,6);(H,2,3,4,5);;4*1H3/q;;;+3;;;;/p-3. The van der Waals surface area contributed by atoms with E-state index in [0.717, 1.165) is 0 Å². The first-order valence-electron chi connectivity index (χ1n) is 2.88. The van der Waals surface area contributed by atoms with Gasteiger partial charge in [-0.3, -0.25) is 0 Å². The molecule has 0 aromatic carbocycles. The molecule has 0 aliphatic heterocycles. The number of alkyl halides is 4. The molecule has 0 saturated carbocycles. The zero-order valence-electron chi connectivity index (χ0n) is 10.5. The molecule has 0 unspecified atom stereocenters. The minimum atomic E-state index is -4.94. The molecule has 0 rings (SSSR count). The van der Waals surface area contributed by atoms with Crippen molar-refractivity contribution in [3.63, 3.8) is 0 Å². The maximum absolute atomic E-state index is 9.32.